The molecule has 2 aliphatic rings. The van der Waals surface area contributed by atoms with E-state index in [1.165, 1.54) is 12.8 Å². The third-order valence-electron chi connectivity index (χ3n) is 5.76. The molecule has 0 aromatic rings. The molecule has 2 fully saturated rings. The van der Waals surface area contributed by atoms with Crippen LogP contribution in [-0.2, 0) is 14.3 Å². The first-order chi connectivity index (χ1) is 12.1. The molecular weight excluding hydrogens is 318 g/mol. The van der Waals surface area contributed by atoms with Gasteiger partial charge in [-0.3, -0.25) is 14.5 Å². The number of amides is 2. The average molecular weight is 354 g/mol. The summed E-state index contributed by atoms with van der Waals surface area (Å²) in [6.45, 7) is 8.13. The highest BCUT2D eigenvalue weighted by molar-refractivity contribution is 5.82. The van der Waals surface area contributed by atoms with Crippen molar-refractivity contribution in [1.29, 1.82) is 0 Å². The van der Waals surface area contributed by atoms with Crippen molar-refractivity contribution in [3.8, 4) is 0 Å². The number of carbonyl (C=O) groups is 2. The summed E-state index contributed by atoms with van der Waals surface area (Å²) < 4.78 is 4.95. The number of piperazine rings is 1. The first-order valence-corrected chi connectivity index (χ1v) is 9.85. The summed E-state index contributed by atoms with van der Waals surface area (Å²) >= 11 is 0. The fourth-order valence-electron chi connectivity index (χ4n) is 3.94. The van der Waals surface area contributed by atoms with Gasteiger partial charge in [-0.1, -0.05) is 33.1 Å². The van der Waals surface area contributed by atoms with Crippen LogP contribution >= 0.6 is 0 Å². The maximum Gasteiger partial charge on any atom is 0.248 e. The fraction of sp³-hybridized carbons (Fsp3) is 0.895. The van der Waals surface area contributed by atoms with Crippen LogP contribution in [0.3, 0.4) is 0 Å². The number of rotatable bonds is 8. The van der Waals surface area contributed by atoms with Gasteiger partial charge in [0.1, 0.15) is 6.61 Å². The number of hydrogen-bond donors (Lipinski definition) is 1. The second-order valence-electron chi connectivity index (χ2n) is 7.60. The van der Waals surface area contributed by atoms with Gasteiger partial charge in [0.25, 0.3) is 0 Å². The molecule has 2 rings (SSSR count). The summed E-state index contributed by atoms with van der Waals surface area (Å²) in [4.78, 5) is 29.0. The molecule has 1 aliphatic carbocycles. The van der Waals surface area contributed by atoms with Gasteiger partial charge >= 0.3 is 0 Å². The van der Waals surface area contributed by atoms with Crippen molar-refractivity contribution < 1.29 is 14.3 Å². The highest BCUT2D eigenvalue weighted by atomic mass is 16.5. The van der Waals surface area contributed by atoms with Crippen LogP contribution in [0.2, 0.25) is 0 Å². The molecule has 1 heterocycles. The van der Waals surface area contributed by atoms with Crippen LogP contribution in [0.25, 0.3) is 0 Å². The molecule has 25 heavy (non-hydrogen) atoms. The van der Waals surface area contributed by atoms with Crippen LogP contribution in [0.15, 0.2) is 0 Å². The molecule has 0 aromatic carbocycles. The lowest BCUT2D eigenvalue weighted by Crippen LogP contribution is -2.58. The SMILES string of the molecule is CCC(C)CNC(=O)C(C1CCCC1)N1CCN(C(=O)COC)CC1. The van der Waals surface area contributed by atoms with Crippen molar-refractivity contribution >= 4 is 11.8 Å². The zero-order valence-electron chi connectivity index (χ0n) is 16.1. The third-order valence-corrected chi connectivity index (χ3v) is 5.76. The maximum atomic E-state index is 12.9. The van der Waals surface area contributed by atoms with Gasteiger partial charge in [-0.2, -0.15) is 0 Å². The smallest absolute Gasteiger partial charge is 0.248 e. The highest BCUT2D eigenvalue weighted by Crippen LogP contribution is 2.31. The Morgan fingerprint density at radius 2 is 1.80 bits per heavy atom. The third kappa shape index (κ3) is 5.68. The van der Waals surface area contributed by atoms with Gasteiger partial charge in [-0.15, -0.1) is 0 Å². The van der Waals surface area contributed by atoms with Crippen molar-refractivity contribution in [2.45, 2.75) is 52.0 Å². The minimum absolute atomic E-state index is 0.0359. The first-order valence-electron chi connectivity index (χ1n) is 9.85. The van der Waals surface area contributed by atoms with Gasteiger partial charge in [0.05, 0.1) is 6.04 Å². The van der Waals surface area contributed by atoms with E-state index in [9.17, 15) is 9.59 Å². The number of carbonyl (C=O) groups excluding carboxylic acids is 2. The predicted octanol–water partition coefficient (Wildman–Crippen LogP) is 1.50. The van der Waals surface area contributed by atoms with E-state index in [0.717, 1.165) is 38.9 Å². The van der Waals surface area contributed by atoms with Gasteiger partial charge in [0.15, 0.2) is 0 Å². The Labute approximate surface area is 152 Å². The Balaban J connectivity index is 1.94. The number of nitrogens with one attached hydrogen (secondary N) is 1. The van der Waals surface area contributed by atoms with Crippen molar-refractivity contribution in [2.24, 2.45) is 11.8 Å². The topological polar surface area (TPSA) is 61.9 Å². The van der Waals surface area contributed by atoms with E-state index in [1.807, 2.05) is 4.90 Å². The van der Waals surface area contributed by atoms with Crippen molar-refractivity contribution in [2.75, 3.05) is 46.4 Å². The molecule has 0 spiro atoms. The van der Waals surface area contributed by atoms with E-state index in [4.69, 9.17) is 4.74 Å². The molecule has 144 valence electrons. The molecule has 2 unspecified atom stereocenters. The highest BCUT2D eigenvalue weighted by Gasteiger charge is 2.37. The number of methoxy groups -OCH3 is 1. The van der Waals surface area contributed by atoms with Crippen LogP contribution < -0.4 is 5.32 Å². The number of nitrogens with zero attached hydrogens (tertiary/aromatic N) is 2. The monoisotopic (exact) mass is 353 g/mol. The largest absolute Gasteiger partial charge is 0.375 e. The molecule has 0 radical (unpaired) electrons. The van der Waals surface area contributed by atoms with Crippen LogP contribution in [0.4, 0.5) is 0 Å². The second kappa shape index (κ2) is 10.1. The maximum absolute atomic E-state index is 12.9. The molecule has 1 saturated heterocycles. The number of hydrogen-bond acceptors (Lipinski definition) is 4. The van der Waals surface area contributed by atoms with Crippen LogP contribution in [0.5, 0.6) is 0 Å². The summed E-state index contributed by atoms with van der Waals surface area (Å²) in [7, 11) is 1.55. The van der Waals surface area contributed by atoms with Crippen LogP contribution in [0, 0.1) is 11.8 Å². The predicted molar refractivity (Wildman–Crippen MR) is 98.2 cm³/mol. The van der Waals surface area contributed by atoms with Gasteiger partial charge in [-0.25, -0.2) is 0 Å². The Morgan fingerprint density at radius 1 is 1.16 bits per heavy atom. The molecule has 2 atom stereocenters. The molecule has 1 N–H and O–H groups in total. The van der Waals surface area contributed by atoms with E-state index in [-0.39, 0.29) is 24.5 Å². The lowest BCUT2D eigenvalue weighted by molar-refractivity contribution is -0.138. The summed E-state index contributed by atoms with van der Waals surface area (Å²) in [5.74, 6) is 1.19. The lowest BCUT2D eigenvalue weighted by Gasteiger charge is -2.40. The zero-order chi connectivity index (χ0) is 18.2. The second-order valence-corrected chi connectivity index (χ2v) is 7.60. The van der Waals surface area contributed by atoms with E-state index in [2.05, 4.69) is 24.1 Å². The average Bonchev–Trinajstić information content (AvgIpc) is 3.14. The standard InChI is InChI=1S/C19H35N3O3/c1-4-15(2)13-20-19(24)18(16-7-5-6-8-16)22-11-9-21(10-12-22)17(23)14-25-3/h15-16,18H,4-14H2,1-3H3,(H,20,24). The normalized spacial score (nSPS) is 22.0. The van der Waals surface area contributed by atoms with E-state index >= 15 is 0 Å². The van der Waals surface area contributed by atoms with Gasteiger partial charge < -0.3 is 15.0 Å². The summed E-state index contributed by atoms with van der Waals surface area (Å²) in [6, 6.07) is -0.0359. The first kappa shape index (κ1) is 20.2. The van der Waals surface area contributed by atoms with Crippen LogP contribution in [0.1, 0.15) is 46.0 Å². The molecular formula is C19H35N3O3. The minimum atomic E-state index is -0.0359. The Morgan fingerprint density at radius 3 is 2.36 bits per heavy atom. The fourth-order valence-corrected chi connectivity index (χ4v) is 3.94. The van der Waals surface area contributed by atoms with Gasteiger partial charge in [-0.05, 0) is 24.7 Å². The summed E-state index contributed by atoms with van der Waals surface area (Å²) in [6.07, 6.45) is 5.82. The minimum Gasteiger partial charge on any atom is -0.375 e. The Bertz CT molecular complexity index is 430. The van der Waals surface area contributed by atoms with Crippen molar-refractivity contribution in [3.63, 3.8) is 0 Å². The summed E-state index contributed by atoms with van der Waals surface area (Å²) in [5, 5.41) is 3.18. The van der Waals surface area contributed by atoms with Crippen molar-refractivity contribution in [1.82, 2.24) is 15.1 Å². The van der Waals surface area contributed by atoms with Gasteiger partial charge in [0.2, 0.25) is 11.8 Å². The molecule has 0 bridgehead atoms. The zero-order valence-corrected chi connectivity index (χ0v) is 16.1. The van der Waals surface area contributed by atoms with E-state index in [0.29, 0.717) is 24.9 Å². The van der Waals surface area contributed by atoms with E-state index in [1.54, 1.807) is 7.11 Å². The molecule has 1 aliphatic heterocycles. The molecule has 2 amide bonds. The van der Waals surface area contributed by atoms with Gasteiger partial charge in [0, 0.05) is 39.8 Å². The molecule has 6 heteroatoms. The Hall–Kier alpha value is -1.14. The van der Waals surface area contributed by atoms with E-state index < -0.39 is 0 Å². The molecule has 6 nitrogen and oxygen atoms in total. The Kier molecular flexibility index (Phi) is 8.16. The molecule has 0 aromatic heterocycles. The quantitative estimate of drug-likeness (QED) is 0.718. The van der Waals surface area contributed by atoms with Crippen molar-refractivity contribution in [3.05, 3.63) is 0 Å². The number of ether oxygens (including phenoxy) is 1. The van der Waals surface area contributed by atoms with Crippen LogP contribution in [-0.4, -0.2) is 74.1 Å². The lowest BCUT2D eigenvalue weighted by atomic mass is 9.94. The molecule has 1 saturated carbocycles. The summed E-state index contributed by atoms with van der Waals surface area (Å²) in [5.41, 5.74) is 0.